The van der Waals surface area contributed by atoms with Crippen molar-refractivity contribution < 1.29 is 28.6 Å². The molecule has 0 atom stereocenters. The lowest BCUT2D eigenvalue weighted by molar-refractivity contribution is -0.137. The molecule has 0 spiro atoms. The van der Waals surface area contributed by atoms with Crippen molar-refractivity contribution in [2.45, 2.75) is 6.92 Å². The topological polar surface area (TPSA) is 72.8 Å². The van der Waals surface area contributed by atoms with Crippen molar-refractivity contribution in [3.05, 3.63) is 23.5 Å². The molecule has 0 saturated carbocycles. The maximum absolute atomic E-state index is 13.5. The molecule has 0 aromatic heterocycles. The van der Waals surface area contributed by atoms with Gasteiger partial charge in [0.2, 0.25) is 0 Å². The number of hydrogen-bond donors (Lipinski definition) is 1. The van der Waals surface area contributed by atoms with Crippen LogP contribution in [0.3, 0.4) is 0 Å². The molecule has 5 nitrogen and oxygen atoms in total. The molecule has 0 fully saturated rings. The summed E-state index contributed by atoms with van der Waals surface area (Å²) in [7, 11) is 1.24. The molecule has 17 heavy (non-hydrogen) atoms. The van der Waals surface area contributed by atoms with Gasteiger partial charge >= 0.3 is 5.97 Å². The molecule has 0 saturated heterocycles. The van der Waals surface area contributed by atoms with Gasteiger partial charge in [0.05, 0.1) is 19.3 Å². The number of benzene rings is 1. The zero-order valence-electron chi connectivity index (χ0n) is 9.32. The molecule has 1 aromatic carbocycles. The van der Waals surface area contributed by atoms with Crippen LogP contribution in [0.2, 0.25) is 0 Å². The van der Waals surface area contributed by atoms with E-state index in [2.05, 4.69) is 9.47 Å². The standard InChI is InChI=1S/C11H11FO5/c1-3-17-11(15)9(13)6-4-5-7(16-2)10(14)8(6)12/h4-5,14H,3H2,1-2H3. The van der Waals surface area contributed by atoms with E-state index in [9.17, 15) is 19.1 Å². The number of halogens is 1. The number of hydrogen-bond acceptors (Lipinski definition) is 5. The third-order valence-electron chi connectivity index (χ3n) is 2.00. The van der Waals surface area contributed by atoms with E-state index in [4.69, 9.17) is 0 Å². The number of phenols is 1. The first kappa shape index (κ1) is 13.0. The maximum atomic E-state index is 13.5. The summed E-state index contributed by atoms with van der Waals surface area (Å²) in [5, 5.41) is 9.33. The van der Waals surface area contributed by atoms with E-state index < -0.39 is 28.9 Å². The summed E-state index contributed by atoms with van der Waals surface area (Å²) in [6, 6.07) is 2.23. The summed E-state index contributed by atoms with van der Waals surface area (Å²) < 4.78 is 22.6. The number of methoxy groups -OCH3 is 1. The zero-order valence-corrected chi connectivity index (χ0v) is 9.32. The summed E-state index contributed by atoms with van der Waals surface area (Å²) >= 11 is 0. The third kappa shape index (κ3) is 2.52. The van der Waals surface area contributed by atoms with Crippen LogP contribution >= 0.6 is 0 Å². The van der Waals surface area contributed by atoms with Crippen LogP contribution in [0.5, 0.6) is 11.5 Å². The third-order valence-corrected chi connectivity index (χ3v) is 2.00. The predicted octanol–water partition coefficient (Wildman–Crippen LogP) is 1.29. The van der Waals surface area contributed by atoms with Crippen molar-refractivity contribution in [1.29, 1.82) is 0 Å². The summed E-state index contributed by atoms with van der Waals surface area (Å²) in [4.78, 5) is 22.6. The van der Waals surface area contributed by atoms with E-state index in [1.54, 1.807) is 0 Å². The number of carbonyl (C=O) groups excluding carboxylic acids is 2. The monoisotopic (exact) mass is 242 g/mol. The number of carbonyl (C=O) groups is 2. The number of phenolic OH excluding ortho intramolecular Hbond substituents is 1. The number of Topliss-reactive ketones (excluding diaryl/α,β-unsaturated/α-hetero) is 1. The Morgan fingerprint density at radius 3 is 2.59 bits per heavy atom. The van der Waals surface area contributed by atoms with Crippen molar-refractivity contribution in [2.75, 3.05) is 13.7 Å². The van der Waals surface area contributed by atoms with E-state index in [-0.39, 0.29) is 12.4 Å². The number of ether oxygens (including phenoxy) is 2. The Hall–Kier alpha value is -2.11. The Morgan fingerprint density at radius 2 is 2.06 bits per heavy atom. The Labute approximate surface area is 96.8 Å². The van der Waals surface area contributed by atoms with Crippen molar-refractivity contribution in [3.63, 3.8) is 0 Å². The highest BCUT2D eigenvalue weighted by Crippen LogP contribution is 2.30. The summed E-state index contributed by atoms with van der Waals surface area (Å²) in [5.74, 6) is -4.47. The lowest BCUT2D eigenvalue weighted by atomic mass is 10.1. The maximum Gasteiger partial charge on any atom is 0.379 e. The lowest BCUT2D eigenvalue weighted by Gasteiger charge is -2.07. The van der Waals surface area contributed by atoms with Crippen molar-refractivity contribution >= 4 is 11.8 Å². The van der Waals surface area contributed by atoms with E-state index in [1.165, 1.54) is 20.1 Å². The molecule has 0 aliphatic heterocycles. The second kappa shape index (κ2) is 5.29. The summed E-state index contributed by atoms with van der Waals surface area (Å²) in [5.41, 5.74) is -0.554. The number of esters is 1. The van der Waals surface area contributed by atoms with Gasteiger partial charge in [-0.15, -0.1) is 0 Å². The highest BCUT2D eigenvalue weighted by molar-refractivity contribution is 6.40. The first-order valence-electron chi connectivity index (χ1n) is 4.79. The van der Waals surface area contributed by atoms with Gasteiger partial charge in [0.15, 0.2) is 17.3 Å². The molecule has 0 aliphatic carbocycles. The number of ketones is 1. The fourth-order valence-electron chi connectivity index (χ4n) is 1.19. The molecule has 0 aliphatic rings. The van der Waals surface area contributed by atoms with Crippen LogP contribution in [-0.4, -0.2) is 30.6 Å². The van der Waals surface area contributed by atoms with E-state index in [1.807, 2.05) is 0 Å². The Kier molecular flexibility index (Phi) is 4.03. The average molecular weight is 242 g/mol. The van der Waals surface area contributed by atoms with Gasteiger partial charge in [-0.05, 0) is 19.1 Å². The minimum absolute atomic E-state index is 0.00826. The van der Waals surface area contributed by atoms with Crippen LogP contribution in [0, 0.1) is 5.82 Å². The summed E-state index contributed by atoms with van der Waals surface area (Å²) in [6.07, 6.45) is 0. The van der Waals surface area contributed by atoms with Gasteiger partial charge < -0.3 is 14.6 Å². The zero-order chi connectivity index (χ0) is 13.0. The van der Waals surface area contributed by atoms with E-state index in [0.717, 1.165) is 6.07 Å². The molecular formula is C11H11FO5. The molecule has 0 heterocycles. The molecule has 92 valence electrons. The lowest BCUT2D eigenvalue weighted by Crippen LogP contribution is -2.18. The predicted molar refractivity (Wildman–Crippen MR) is 55.6 cm³/mol. The highest BCUT2D eigenvalue weighted by atomic mass is 19.1. The highest BCUT2D eigenvalue weighted by Gasteiger charge is 2.24. The fourth-order valence-corrected chi connectivity index (χ4v) is 1.19. The van der Waals surface area contributed by atoms with Gasteiger partial charge in [0, 0.05) is 0 Å². The SMILES string of the molecule is CCOC(=O)C(=O)c1ccc(OC)c(O)c1F. The van der Waals surface area contributed by atoms with Gasteiger partial charge in [-0.3, -0.25) is 4.79 Å². The number of aromatic hydroxyl groups is 1. The number of rotatable bonds is 4. The van der Waals surface area contributed by atoms with E-state index in [0.29, 0.717) is 0 Å². The van der Waals surface area contributed by atoms with Crippen LogP contribution in [-0.2, 0) is 9.53 Å². The van der Waals surface area contributed by atoms with Gasteiger partial charge in [0.25, 0.3) is 5.78 Å². The van der Waals surface area contributed by atoms with Gasteiger partial charge in [-0.1, -0.05) is 0 Å². The Balaban J connectivity index is 3.12. The van der Waals surface area contributed by atoms with Gasteiger partial charge in [0.1, 0.15) is 0 Å². The second-order valence-corrected chi connectivity index (χ2v) is 3.03. The quantitative estimate of drug-likeness (QED) is 0.489. The van der Waals surface area contributed by atoms with Gasteiger partial charge in [-0.2, -0.15) is 0 Å². The van der Waals surface area contributed by atoms with Crippen LogP contribution in [0.15, 0.2) is 12.1 Å². The molecule has 1 N–H and O–H groups in total. The van der Waals surface area contributed by atoms with Gasteiger partial charge in [-0.25, -0.2) is 9.18 Å². The molecule has 6 heteroatoms. The van der Waals surface area contributed by atoms with Crippen LogP contribution in [0.1, 0.15) is 17.3 Å². The molecular weight excluding hydrogens is 231 g/mol. The molecule has 1 rings (SSSR count). The minimum atomic E-state index is -1.21. The first-order valence-corrected chi connectivity index (χ1v) is 4.79. The molecule has 0 radical (unpaired) electrons. The second-order valence-electron chi connectivity index (χ2n) is 3.03. The van der Waals surface area contributed by atoms with Crippen molar-refractivity contribution in [2.24, 2.45) is 0 Å². The molecule has 0 bridgehead atoms. The average Bonchev–Trinajstić information content (AvgIpc) is 2.32. The normalized spacial score (nSPS) is 9.82. The Bertz CT molecular complexity index is 455. The largest absolute Gasteiger partial charge is 0.502 e. The minimum Gasteiger partial charge on any atom is -0.502 e. The van der Waals surface area contributed by atoms with E-state index >= 15 is 0 Å². The Morgan fingerprint density at radius 1 is 1.41 bits per heavy atom. The van der Waals surface area contributed by atoms with Crippen LogP contribution in [0.4, 0.5) is 4.39 Å². The fraction of sp³-hybridized carbons (Fsp3) is 0.273. The van der Waals surface area contributed by atoms with Crippen molar-refractivity contribution in [1.82, 2.24) is 0 Å². The first-order chi connectivity index (χ1) is 8.02. The molecule has 0 unspecified atom stereocenters. The van der Waals surface area contributed by atoms with Crippen LogP contribution in [0.25, 0.3) is 0 Å². The van der Waals surface area contributed by atoms with Crippen LogP contribution < -0.4 is 4.74 Å². The molecule has 1 aromatic rings. The molecule has 0 amide bonds. The van der Waals surface area contributed by atoms with Crippen molar-refractivity contribution in [3.8, 4) is 11.5 Å². The summed E-state index contributed by atoms with van der Waals surface area (Å²) in [6.45, 7) is 1.53. The smallest absolute Gasteiger partial charge is 0.379 e.